The van der Waals surface area contributed by atoms with Crippen LogP contribution in [0.4, 0.5) is 5.69 Å². The Hall–Kier alpha value is -3.99. The monoisotopic (exact) mass is 388 g/mol. The number of aryl methyl sites for hydroxylation is 1. The average Bonchev–Trinajstić information content (AvgIpc) is 3.10. The van der Waals surface area contributed by atoms with E-state index >= 15 is 0 Å². The molecule has 0 saturated carbocycles. The Labute approximate surface area is 168 Å². The molecule has 8 nitrogen and oxygen atoms in total. The van der Waals surface area contributed by atoms with Crippen LogP contribution in [0.3, 0.4) is 0 Å². The van der Waals surface area contributed by atoms with Gasteiger partial charge in [0.2, 0.25) is 0 Å². The fraction of sp³-hybridized carbons (Fsp3) is 0.190. The maximum atomic E-state index is 12.7. The second kappa shape index (κ2) is 7.94. The SMILES string of the molecule is Cn1nc(-c2ccccc2)cc1C(=O)Nc1ccnc(C(=O)NC(C)(C)C#N)c1. The number of benzene rings is 1. The number of hydrogen-bond acceptors (Lipinski definition) is 5. The fourth-order valence-corrected chi connectivity index (χ4v) is 2.63. The number of nitriles is 1. The highest BCUT2D eigenvalue weighted by Gasteiger charge is 2.21. The third-order valence-electron chi connectivity index (χ3n) is 4.14. The Balaban J connectivity index is 1.77. The van der Waals surface area contributed by atoms with Gasteiger partial charge in [0.15, 0.2) is 0 Å². The number of carbonyl (C=O) groups excluding carboxylic acids is 2. The summed E-state index contributed by atoms with van der Waals surface area (Å²) in [6.45, 7) is 3.17. The topological polar surface area (TPSA) is 113 Å². The molecular weight excluding hydrogens is 368 g/mol. The van der Waals surface area contributed by atoms with Crippen LogP contribution in [0.25, 0.3) is 11.3 Å². The number of nitrogens with one attached hydrogen (secondary N) is 2. The van der Waals surface area contributed by atoms with E-state index in [1.807, 2.05) is 36.4 Å². The van der Waals surface area contributed by atoms with Gasteiger partial charge in [0.05, 0.1) is 11.8 Å². The molecule has 0 spiro atoms. The van der Waals surface area contributed by atoms with E-state index in [0.29, 0.717) is 17.1 Å². The van der Waals surface area contributed by atoms with Gasteiger partial charge in [0.25, 0.3) is 11.8 Å². The van der Waals surface area contributed by atoms with Gasteiger partial charge in [-0.25, -0.2) is 0 Å². The lowest BCUT2D eigenvalue weighted by atomic mass is 10.1. The first-order valence-electron chi connectivity index (χ1n) is 8.90. The second-order valence-corrected chi connectivity index (χ2v) is 6.98. The lowest BCUT2D eigenvalue weighted by Gasteiger charge is -2.17. The number of rotatable bonds is 5. The van der Waals surface area contributed by atoms with Gasteiger partial charge >= 0.3 is 0 Å². The molecule has 146 valence electrons. The van der Waals surface area contributed by atoms with Crippen molar-refractivity contribution in [2.24, 2.45) is 7.05 Å². The Kier molecular flexibility index (Phi) is 5.41. The third kappa shape index (κ3) is 4.65. The lowest BCUT2D eigenvalue weighted by molar-refractivity contribution is 0.0923. The highest BCUT2D eigenvalue weighted by molar-refractivity contribution is 6.04. The predicted molar refractivity (Wildman–Crippen MR) is 108 cm³/mol. The van der Waals surface area contributed by atoms with E-state index < -0.39 is 11.4 Å². The summed E-state index contributed by atoms with van der Waals surface area (Å²) in [4.78, 5) is 29.0. The van der Waals surface area contributed by atoms with Crippen LogP contribution in [-0.2, 0) is 7.05 Å². The summed E-state index contributed by atoms with van der Waals surface area (Å²) < 4.78 is 1.50. The molecule has 2 N–H and O–H groups in total. The molecule has 2 aromatic heterocycles. The molecule has 3 rings (SSSR count). The Morgan fingerprint density at radius 1 is 1.10 bits per heavy atom. The molecule has 3 aromatic rings. The summed E-state index contributed by atoms with van der Waals surface area (Å²) >= 11 is 0. The van der Waals surface area contributed by atoms with Crippen LogP contribution in [0.15, 0.2) is 54.7 Å². The summed E-state index contributed by atoms with van der Waals surface area (Å²) in [6.07, 6.45) is 1.42. The van der Waals surface area contributed by atoms with Crippen LogP contribution in [-0.4, -0.2) is 32.1 Å². The molecule has 0 saturated heterocycles. The quantitative estimate of drug-likeness (QED) is 0.698. The molecule has 2 amide bonds. The molecule has 1 aromatic carbocycles. The number of hydrogen-bond donors (Lipinski definition) is 2. The van der Waals surface area contributed by atoms with E-state index in [0.717, 1.165) is 5.56 Å². The molecule has 29 heavy (non-hydrogen) atoms. The zero-order valence-electron chi connectivity index (χ0n) is 16.3. The third-order valence-corrected chi connectivity index (χ3v) is 4.14. The number of nitrogens with zero attached hydrogens (tertiary/aromatic N) is 4. The maximum absolute atomic E-state index is 12.7. The number of pyridine rings is 1. The first-order valence-corrected chi connectivity index (χ1v) is 8.90. The fourth-order valence-electron chi connectivity index (χ4n) is 2.63. The van der Waals surface area contributed by atoms with Gasteiger partial charge < -0.3 is 10.6 Å². The molecule has 0 radical (unpaired) electrons. The zero-order chi connectivity index (χ0) is 21.0. The summed E-state index contributed by atoms with van der Waals surface area (Å²) in [5, 5.41) is 18.8. The van der Waals surface area contributed by atoms with Crippen molar-refractivity contribution in [3.8, 4) is 17.3 Å². The maximum Gasteiger partial charge on any atom is 0.273 e. The minimum atomic E-state index is -1.03. The number of carbonyl (C=O) groups is 2. The summed E-state index contributed by atoms with van der Waals surface area (Å²) in [5.41, 5.74) is 1.45. The highest BCUT2D eigenvalue weighted by Crippen LogP contribution is 2.19. The lowest BCUT2D eigenvalue weighted by Crippen LogP contribution is -2.42. The summed E-state index contributed by atoms with van der Waals surface area (Å²) in [7, 11) is 1.69. The number of aromatic nitrogens is 3. The molecule has 0 aliphatic carbocycles. The van der Waals surface area contributed by atoms with Gasteiger partial charge in [-0.1, -0.05) is 30.3 Å². The van der Waals surface area contributed by atoms with Gasteiger partial charge in [-0.2, -0.15) is 10.4 Å². The van der Waals surface area contributed by atoms with Crippen molar-refractivity contribution in [2.75, 3.05) is 5.32 Å². The first kappa shape index (κ1) is 19.8. The van der Waals surface area contributed by atoms with Crippen molar-refractivity contribution in [1.82, 2.24) is 20.1 Å². The van der Waals surface area contributed by atoms with Crippen molar-refractivity contribution in [1.29, 1.82) is 5.26 Å². The van der Waals surface area contributed by atoms with Crippen LogP contribution in [0.2, 0.25) is 0 Å². The van der Waals surface area contributed by atoms with E-state index in [1.165, 1.54) is 16.9 Å². The molecule has 0 fully saturated rings. The van der Waals surface area contributed by atoms with Crippen molar-refractivity contribution in [3.63, 3.8) is 0 Å². The number of amides is 2. The molecule has 0 atom stereocenters. The van der Waals surface area contributed by atoms with Gasteiger partial charge in [-0.15, -0.1) is 0 Å². The second-order valence-electron chi connectivity index (χ2n) is 6.98. The summed E-state index contributed by atoms with van der Waals surface area (Å²) in [5.74, 6) is -0.864. The average molecular weight is 388 g/mol. The zero-order valence-corrected chi connectivity index (χ0v) is 16.3. The normalized spacial score (nSPS) is 10.8. The van der Waals surface area contributed by atoms with Crippen molar-refractivity contribution < 1.29 is 9.59 Å². The van der Waals surface area contributed by atoms with Crippen molar-refractivity contribution >= 4 is 17.5 Å². The molecule has 2 heterocycles. The van der Waals surface area contributed by atoms with E-state index in [9.17, 15) is 9.59 Å². The van der Waals surface area contributed by atoms with Crippen molar-refractivity contribution in [2.45, 2.75) is 19.4 Å². The Bertz CT molecular complexity index is 1100. The minimum absolute atomic E-state index is 0.0982. The highest BCUT2D eigenvalue weighted by atomic mass is 16.2. The van der Waals surface area contributed by atoms with Crippen molar-refractivity contribution in [3.05, 3.63) is 66.1 Å². The molecule has 0 unspecified atom stereocenters. The molecule has 0 aliphatic rings. The molecule has 0 bridgehead atoms. The van der Waals surface area contributed by atoms with Crippen LogP contribution in [0.1, 0.15) is 34.8 Å². The predicted octanol–water partition coefficient (Wildman–Crippen LogP) is 2.77. The van der Waals surface area contributed by atoms with Crippen LogP contribution in [0.5, 0.6) is 0 Å². The van der Waals surface area contributed by atoms with E-state index in [-0.39, 0.29) is 11.6 Å². The van der Waals surface area contributed by atoms with Crippen LogP contribution >= 0.6 is 0 Å². The Morgan fingerprint density at radius 2 is 1.83 bits per heavy atom. The van der Waals surface area contributed by atoms with Gasteiger partial charge in [-0.05, 0) is 32.0 Å². The van der Waals surface area contributed by atoms with E-state index in [2.05, 4.69) is 20.7 Å². The van der Waals surface area contributed by atoms with Crippen LogP contribution < -0.4 is 10.6 Å². The van der Waals surface area contributed by atoms with Gasteiger partial charge in [-0.3, -0.25) is 19.3 Å². The molecular formula is C21H20N6O2. The van der Waals surface area contributed by atoms with E-state index in [4.69, 9.17) is 5.26 Å². The van der Waals surface area contributed by atoms with Gasteiger partial charge in [0.1, 0.15) is 16.9 Å². The summed E-state index contributed by atoms with van der Waals surface area (Å²) in [6, 6.07) is 16.3. The number of anilines is 1. The largest absolute Gasteiger partial charge is 0.333 e. The molecule has 0 aliphatic heterocycles. The Morgan fingerprint density at radius 3 is 2.52 bits per heavy atom. The van der Waals surface area contributed by atoms with Crippen LogP contribution in [0, 0.1) is 11.3 Å². The minimum Gasteiger partial charge on any atom is -0.333 e. The van der Waals surface area contributed by atoms with E-state index in [1.54, 1.807) is 33.0 Å². The molecule has 8 heteroatoms. The van der Waals surface area contributed by atoms with Gasteiger partial charge in [0, 0.05) is 24.5 Å². The first-order chi connectivity index (χ1) is 13.8. The smallest absolute Gasteiger partial charge is 0.273 e. The standard InChI is InChI=1S/C21H20N6O2/c1-21(2,13-22)25-19(28)17-11-15(9-10-23-17)24-20(29)18-12-16(26-27(18)3)14-7-5-4-6-8-14/h4-12H,1-3H3,(H,25,28)(H,23,24,29).